The number of halogens is 2. The largest absolute Gasteiger partial charge is 0.480 e. The molecule has 2 aromatic rings. The van der Waals surface area contributed by atoms with Crippen LogP contribution in [0.5, 0.6) is 0 Å². The van der Waals surface area contributed by atoms with Crippen molar-refractivity contribution in [3.8, 4) is 0 Å². The summed E-state index contributed by atoms with van der Waals surface area (Å²) < 4.78 is 31.1. The van der Waals surface area contributed by atoms with Crippen molar-refractivity contribution in [3.05, 3.63) is 52.3 Å². The first kappa shape index (κ1) is 30.1. The maximum atomic E-state index is 14.4. The van der Waals surface area contributed by atoms with Gasteiger partial charge in [0.2, 0.25) is 0 Å². The number of aromatic nitrogens is 2. The van der Waals surface area contributed by atoms with Gasteiger partial charge in [0, 0.05) is 35.8 Å². The summed E-state index contributed by atoms with van der Waals surface area (Å²) in [6.07, 6.45) is 7.01. The fraction of sp³-hybridized carbons (Fsp3) is 0.697. The molecule has 5 atom stereocenters. The molecule has 1 N–H and O–H groups in total. The van der Waals surface area contributed by atoms with Crippen LogP contribution in [0.4, 0.5) is 8.78 Å². The van der Waals surface area contributed by atoms with Crippen molar-refractivity contribution < 1.29 is 18.7 Å². The summed E-state index contributed by atoms with van der Waals surface area (Å²) in [5.74, 6) is -1.83. The number of hydrogen-bond donors (Lipinski definition) is 1. The predicted molar refractivity (Wildman–Crippen MR) is 157 cm³/mol. The van der Waals surface area contributed by atoms with Crippen LogP contribution in [0.15, 0.2) is 18.2 Å². The van der Waals surface area contributed by atoms with Crippen LogP contribution < -0.4 is 0 Å². The summed E-state index contributed by atoms with van der Waals surface area (Å²) in [6.45, 7) is 13.4. The first-order chi connectivity index (χ1) is 19.5. The SMILES string of the molecule is CCc1nn(CC)c2c1CCC21CCN([C@H](C)[C@H]2C[C@@H](N(C)[C@@H](C(=O)O)C(C)C)C[C@@H]2c2cc(F)cc(F)c2)CC1. The van der Waals surface area contributed by atoms with Crippen molar-refractivity contribution in [1.29, 1.82) is 0 Å². The Hall–Kier alpha value is -2.32. The molecule has 1 aromatic heterocycles. The monoisotopic (exact) mass is 570 g/mol. The number of carbonyl (C=O) groups is 1. The van der Waals surface area contributed by atoms with Crippen molar-refractivity contribution in [2.24, 2.45) is 11.8 Å². The number of benzene rings is 1. The summed E-state index contributed by atoms with van der Waals surface area (Å²) in [5.41, 5.74) is 5.12. The van der Waals surface area contributed by atoms with Crippen LogP contribution in [-0.4, -0.2) is 68.9 Å². The zero-order valence-corrected chi connectivity index (χ0v) is 25.7. The minimum atomic E-state index is -0.817. The molecule has 41 heavy (non-hydrogen) atoms. The Bertz CT molecular complexity index is 1230. The smallest absolute Gasteiger partial charge is 0.321 e. The van der Waals surface area contributed by atoms with E-state index in [-0.39, 0.29) is 35.3 Å². The van der Waals surface area contributed by atoms with E-state index >= 15 is 0 Å². The van der Waals surface area contributed by atoms with E-state index in [9.17, 15) is 18.7 Å². The minimum absolute atomic E-state index is 0.0298. The molecule has 3 aliphatic rings. The number of aryl methyl sites for hydroxylation is 2. The van der Waals surface area contributed by atoms with E-state index in [4.69, 9.17) is 5.10 Å². The second-order valence-electron chi connectivity index (χ2n) is 13.3. The lowest BCUT2D eigenvalue weighted by Gasteiger charge is -2.44. The van der Waals surface area contributed by atoms with Crippen LogP contribution in [0.3, 0.4) is 0 Å². The predicted octanol–water partition coefficient (Wildman–Crippen LogP) is 6.02. The van der Waals surface area contributed by atoms with E-state index in [1.54, 1.807) is 0 Å². The molecule has 226 valence electrons. The Morgan fingerprint density at radius 1 is 1.10 bits per heavy atom. The second-order valence-corrected chi connectivity index (χ2v) is 13.3. The number of carboxylic acid groups (broad SMARTS) is 1. The maximum absolute atomic E-state index is 14.4. The van der Waals surface area contributed by atoms with Crippen LogP contribution >= 0.6 is 0 Å². The lowest BCUT2D eigenvalue weighted by atomic mass is 9.75. The second kappa shape index (κ2) is 11.8. The molecule has 1 saturated heterocycles. The molecule has 2 fully saturated rings. The van der Waals surface area contributed by atoms with Gasteiger partial charge in [0.25, 0.3) is 0 Å². The summed E-state index contributed by atoms with van der Waals surface area (Å²) in [4.78, 5) is 16.8. The van der Waals surface area contributed by atoms with Crippen LogP contribution in [0.1, 0.15) is 95.2 Å². The van der Waals surface area contributed by atoms with Crippen molar-refractivity contribution in [2.75, 3.05) is 20.1 Å². The van der Waals surface area contributed by atoms with E-state index in [2.05, 4.69) is 30.4 Å². The number of piperidine rings is 1. The summed E-state index contributed by atoms with van der Waals surface area (Å²) in [5, 5.41) is 14.9. The minimum Gasteiger partial charge on any atom is -0.480 e. The number of aliphatic carboxylic acids is 1. The van der Waals surface area contributed by atoms with Crippen LogP contribution in [0.2, 0.25) is 0 Å². The van der Waals surface area contributed by atoms with E-state index in [0.717, 1.165) is 57.8 Å². The third-order valence-electron chi connectivity index (χ3n) is 10.9. The third-order valence-corrected chi connectivity index (χ3v) is 10.9. The molecule has 1 saturated carbocycles. The number of hydrogen-bond acceptors (Lipinski definition) is 4. The first-order valence-corrected chi connectivity index (χ1v) is 15.7. The third kappa shape index (κ3) is 5.47. The lowest BCUT2D eigenvalue weighted by Crippen LogP contribution is -2.49. The fourth-order valence-electron chi connectivity index (χ4n) is 8.76. The molecular formula is C33H48F2N4O2. The number of fused-ring (bicyclic) bond motifs is 2. The van der Waals surface area contributed by atoms with Crippen LogP contribution in [0.25, 0.3) is 0 Å². The summed E-state index contributed by atoms with van der Waals surface area (Å²) in [7, 11) is 1.91. The normalized spacial score (nSPS) is 25.8. The number of nitrogens with zero attached hydrogens (tertiary/aromatic N) is 4. The van der Waals surface area contributed by atoms with Gasteiger partial charge in [0.15, 0.2) is 0 Å². The number of carboxylic acids is 1. The van der Waals surface area contributed by atoms with Gasteiger partial charge in [-0.1, -0.05) is 20.8 Å². The molecule has 0 amide bonds. The highest BCUT2D eigenvalue weighted by Gasteiger charge is 2.48. The van der Waals surface area contributed by atoms with Crippen molar-refractivity contribution in [2.45, 2.75) is 116 Å². The molecule has 5 rings (SSSR count). The average Bonchev–Trinajstić information content (AvgIpc) is 3.62. The Morgan fingerprint density at radius 2 is 1.76 bits per heavy atom. The Morgan fingerprint density at radius 3 is 2.32 bits per heavy atom. The first-order valence-electron chi connectivity index (χ1n) is 15.7. The standard InChI is InChI=1S/C33H48F2N4O2/c1-7-29-26-9-10-33(31(26)39(8-2)36-29)11-13-38(14-12-33)21(5)27-18-25(37(6)30(20(3)4)32(40)41)19-28(27)22-15-23(34)17-24(35)16-22/h15-17,20-21,25,27-28,30H,7-14,18-19H2,1-6H3,(H,40,41)/t21-,25-,27-,28-,30-/m1/s1. The maximum Gasteiger partial charge on any atom is 0.321 e. The molecule has 0 bridgehead atoms. The molecule has 0 radical (unpaired) electrons. The lowest BCUT2D eigenvalue weighted by molar-refractivity contribution is -0.145. The molecular weight excluding hydrogens is 522 g/mol. The van der Waals surface area contributed by atoms with Crippen molar-refractivity contribution in [1.82, 2.24) is 19.6 Å². The van der Waals surface area contributed by atoms with E-state index in [0.29, 0.717) is 12.0 Å². The zero-order chi connectivity index (χ0) is 29.6. The molecule has 1 aliphatic heterocycles. The molecule has 8 heteroatoms. The molecule has 0 unspecified atom stereocenters. The summed E-state index contributed by atoms with van der Waals surface area (Å²) >= 11 is 0. The van der Waals surface area contributed by atoms with Crippen LogP contribution in [-0.2, 0) is 29.6 Å². The van der Waals surface area contributed by atoms with Gasteiger partial charge in [-0.2, -0.15) is 5.10 Å². The van der Waals surface area contributed by atoms with E-state index < -0.39 is 23.6 Å². The molecule has 2 aliphatic carbocycles. The Labute approximate surface area is 244 Å². The van der Waals surface area contributed by atoms with Gasteiger partial charge in [-0.25, -0.2) is 8.78 Å². The van der Waals surface area contributed by atoms with Crippen molar-refractivity contribution in [3.63, 3.8) is 0 Å². The highest BCUT2D eigenvalue weighted by Crippen LogP contribution is 2.50. The molecule has 6 nitrogen and oxygen atoms in total. The molecule has 2 heterocycles. The fourth-order valence-corrected chi connectivity index (χ4v) is 8.76. The molecule has 1 spiro atoms. The van der Waals surface area contributed by atoms with Gasteiger partial charge in [0.05, 0.1) is 5.69 Å². The van der Waals surface area contributed by atoms with Gasteiger partial charge in [0.1, 0.15) is 17.7 Å². The Kier molecular flexibility index (Phi) is 8.64. The zero-order valence-electron chi connectivity index (χ0n) is 25.7. The topological polar surface area (TPSA) is 61.6 Å². The van der Waals surface area contributed by atoms with Gasteiger partial charge >= 0.3 is 5.97 Å². The number of likely N-dealkylation sites (N-methyl/N-ethyl adjacent to an activating group) is 1. The van der Waals surface area contributed by atoms with Gasteiger partial charge in [-0.3, -0.25) is 14.4 Å². The van der Waals surface area contributed by atoms with Gasteiger partial charge in [-0.15, -0.1) is 0 Å². The highest BCUT2D eigenvalue weighted by molar-refractivity contribution is 5.73. The van der Waals surface area contributed by atoms with Crippen molar-refractivity contribution >= 4 is 5.97 Å². The van der Waals surface area contributed by atoms with Gasteiger partial charge < -0.3 is 10.0 Å². The van der Waals surface area contributed by atoms with E-state index in [1.165, 1.54) is 35.5 Å². The highest BCUT2D eigenvalue weighted by atomic mass is 19.1. The molecule has 1 aromatic carbocycles. The van der Waals surface area contributed by atoms with Crippen LogP contribution in [0, 0.1) is 23.5 Å². The number of likely N-dealkylation sites (tertiary alicyclic amines) is 1. The van der Waals surface area contributed by atoms with Gasteiger partial charge in [-0.05, 0) is 120 Å². The average molecular weight is 571 g/mol. The number of rotatable bonds is 9. The Balaban J connectivity index is 1.38. The quantitative estimate of drug-likeness (QED) is 0.400. The van der Waals surface area contributed by atoms with E-state index in [1.807, 2.05) is 25.8 Å². The summed E-state index contributed by atoms with van der Waals surface area (Å²) in [6, 6.07) is 3.55.